The molecule has 0 amide bonds. The molecule has 0 spiro atoms. The molecule has 0 bridgehead atoms. The van der Waals surface area contributed by atoms with Gasteiger partial charge in [-0.15, -0.1) is 0 Å². The van der Waals surface area contributed by atoms with Crippen LogP contribution in [0.1, 0.15) is 111 Å². The summed E-state index contributed by atoms with van der Waals surface area (Å²) in [7, 11) is 0. The van der Waals surface area contributed by atoms with Crippen LogP contribution < -0.4 is 9.13 Å². The highest BCUT2D eigenvalue weighted by molar-refractivity contribution is 5.28. The van der Waals surface area contributed by atoms with Crippen LogP contribution in [0.25, 0.3) is 0 Å². The number of rotatable bonds is 8. The average molecular weight is 455 g/mol. The van der Waals surface area contributed by atoms with E-state index in [1.807, 2.05) is 0 Å². The molecule has 0 saturated carbocycles. The van der Waals surface area contributed by atoms with Crippen LogP contribution in [-0.4, -0.2) is 0 Å². The molecular weight excluding hydrogens is 412 g/mol. The summed E-state index contributed by atoms with van der Waals surface area (Å²) < 4.78 is 4.98. The normalized spacial score (nSPS) is 17.0. The van der Waals surface area contributed by atoms with Gasteiger partial charge in [0.15, 0.2) is 36.9 Å². The minimum Gasteiger partial charge on any atom is -0.198 e. The van der Waals surface area contributed by atoms with E-state index in [1.165, 1.54) is 88.2 Å². The van der Waals surface area contributed by atoms with E-state index in [9.17, 15) is 0 Å². The fraction of sp³-hybridized carbons (Fsp3) is 0.500. The van der Waals surface area contributed by atoms with Crippen LogP contribution in [0.4, 0.5) is 0 Å². The Bertz CT molecular complexity index is 1010. The Kier molecular flexibility index (Phi) is 7.42. The van der Waals surface area contributed by atoms with Crippen molar-refractivity contribution in [3.63, 3.8) is 0 Å². The molecule has 2 atom stereocenters. The molecule has 3 aromatic rings. The predicted octanol–water partition coefficient (Wildman–Crippen LogP) is 6.80. The van der Waals surface area contributed by atoms with E-state index in [1.54, 1.807) is 22.3 Å². The highest BCUT2D eigenvalue weighted by Gasteiger charge is 2.26. The van der Waals surface area contributed by atoms with Crippen molar-refractivity contribution in [3.05, 3.63) is 94.6 Å². The monoisotopic (exact) mass is 454 g/mol. The molecule has 34 heavy (non-hydrogen) atoms. The number of hydrogen-bond donors (Lipinski definition) is 0. The lowest BCUT2D eigenvalue weighted by Crippen LogP contribution is -2.41. The summed E-state index contributed by atoms with van der Waals surface area (Å²) in [4.78, 5) is 0. The molecular formula is C32H42N2+2. The first kappa shape index (κ1) is 23.3. The number of benzene rings is 1. The van der Waals surface area contributed by atoms with Gasteiger partial charge in [0, 0.05) is 47.2 Å². The van der Waals surface area contributed by atoms with Gasteiger partial charge < -0.3 is 0 Å². The lowest BCUT2D eigenvalue weighted by atomic mass is 9.92. The molecule has 5 rings (SSSR count). The summed E-state index contributed by atoms with van der Waals surface area (Å²) in [6.07, 6.45) is 24.7. The van der Waals surface area contributed by atoms with Gasteiger partial charge in [0.1, 0.15) is 0 Å². The van der Waals surface area contributed by atoms with Crippen LogP contribution in [0, 0.1) is 0 Å². The minimum atomic E-state index is 0.423. The third kappa shape index (κ3) is 4.97. The molecule has 0 radical (unpaired) electrons. The zero-order valence-corrected chi connectivity index (χ0v) is 21.3. The van der Waals surface area contributed by atoms with Gasteiger partial charge in [-0.05, 0) is 75.3 Å². The maximum Gasteiger partial charge on any atom is 0.183 e. The molecule has 2 heteroatoms. The van der Waals surface area contributed by atoms with Crippen molar-refractivity contribution in [2.45, 2.75) is 103 Å². The zero-order chi connectivity index (χ0) is 23.3. The van der Waals surface area contributed by atoms with E-state index in [-0.39, 0.29) is 0 Å². The Labute approximate surface area is 206 Å². The molecule has 0 fully saturated rings. The molecule has 178 valence electrons. The van der Waals surface area contributed by atoms with Gasteiger partial charge in [-0.2, -0.15) is 9.13 Å². The Morgan fingerprint density at radius 2 is 0.941 bits per heavy atom. The quantitative estimate of drug-likeness (QED) is 0.331. The van der Waals surface area contributed by atoms with Crippen LogP contribution in [0.3, 0.4) is 0 Å². The Balaban J connectivity index is 1.42. The van der Waals surface area contributed by atoms with Crippen molar-refractivity contribution < 1.29 is 9.13 Å². The van der Waals surface area contributed by atoms with E-state index < -0.39 is 0 Å². The second-order valence-corrected chi connectivity index (χ2v) is 10.6. The first-order valence-corrected chi connectivity index (χ1v) is 13.9. The van der Waals surface area contributed by atoms with Crippen LogP contribution in [-0.2, 0) is 25.7 Å². The minimum absolute atomic E-state index is 0.423. The van der Waals surface area contributed by atoms with Crippen molar-refractivity contribution >= 4 is 0 Å². The Morgan fingerprint density at radius 1 is 0.559 bits per heavy atom. The van der Waals surface area contributed by atoms with Crippen molar-refractivity contribution in [1.29, 1.82) is 0 Å². The number of aromatic nitrogens is 2. The summed E-state index contributed by atoms with van der Waals surface area (Å²) in [6.45, 7) is 4.62. The van der Waals surface area contributed by atoms with Crippen LogP contribution in [0.2, 0.25) is 0 Å². The number of nitrogens with zero attached hydrogens (tertiary/aromatic N) is 2. The fourth-order valence-electron chi connectivity index (χ4n) is 6.23. The van der Waals surface area contributed by atoms with Gasteiger partial charge in [0.2, 0.25) is 0 Å². The molecule has 2 nitrogen and oxygen atoms in total. The van der Waals surface area contributed by atoms with Gasteiger partial charge in [0.05, 0.1) is 0 Å². The van der Waals surface area contributed by atoms with E-state index in [0.717, 1.165) is 0 Å². The maximum absolute atomic E-state index is 2.49. The van der Waals surface area contributed by atoms with Gasteiger partial charge in [0.25, 0.3) is 0 Å². The lowest BCUT2D eigenvalue weighted by molar-refractivity contribution is -0.715. The second kappa shape index (κ2) is 10.8. The highest BCUT2D eigenvalue weighted by Crippen LogP contribution is 2.26. The van der Waals surface area contributed by atoms with Crippen LogP contribution in [0.5, 0.6) is 0 Å². The maximum atomic E-state index is 2.49. The van der Waals surface area contributed by atoms with Crippen molar-refractivity contribution in [1.82, 2.24) is 0 Å². The number of hydrogen-bond acceptors (Lipinski definition) is 0. The Hall–Kier alpha value is -2.48. The molecule has 2 unspecified atom stereocenters. The van der Waals surface area contributed by atoms with Crippen LogP contribution in [0.15, 0.2) is 61.2 Å². The standard InChI is InChI=1S/C32H42N2/c1-3-9-31(33-21-19-25-11-5-7-13-29(25)23-33)27-15-17-28(18-16-27)32(10-4-2)34-22-20-26-12-6-8-14-30(26)24-34/h15-24,31-32H,3-14H2,1-2H3/q+2. The number of pyridine rings is 2. The molecule has 2 heterocycles. The molecule has 2 aliphatic carbocycles. The smallest absolute Gasteiger partial charge is 0.183 e. The molecule has 2 aromatic heterocycles. The Morgan fingerprint density at radius 3 is 1.32 bits per heavy atom. The second-order valence-electron chi connectivity index (χ2n) is 10.6. The summed E-state index contributed by atoms with van der Waals surface area (Å²) in [5, 5.41) is 0. The first-order chi connectivity index (χ1) is 16.8. The SMILES string of the molecule is CCCC(c1ccc(C(CCC)[n+]2ccc3c(c2)CCCC3)cc1)[n+]1ccc2c(c1)CCCC2. The van der Waals surface area contributed by atoms with Crippen LogP contribution >= 0.6 is 0 Å². The zero-order valence-electron chi connectivity index (χ0n) is 21.3. The topological polar surface area (TPSA) is 7.76 Å². The van der Waals surface area contributed by atoms with E-state index in [4.69, 9.17) is 0 Å². The largest absolute Gasteiger partial charge is 0.198 e. The van der Waals surface area contributed by atoms with E-state index in [2.05, 4.69) is 84.2 Å². The van der Waals surface area contributed by atoms with Gasteiger partial charge in [-0.25, -0.2) is 0 Å². The predicted molar refractivity (Wildman–Crippen MR) is 139 cm³/mol. The molecule has 0 aliphatic heterocycles. The van der Waals surface area contributed by atoms with Crippen molar-refractivity contribution in [3.8, 4) is 0 Å². The van der Waals surface area contributed by atoms with Crippen molar-refractivity contribution in [2.24, 2.45) is 0 Å². The van der Waals surface area contributed by atoms with E-state index >= 15 is 0 Å². The number of aryl methyl sites for hydroxylation is 4. The first-order valence-electron chi connectivity index (χ1n) is 13.9. The lowest BCUT2D eigenvalue weighted by Gasteiger charge is -2.19. The average Bonchev–Trinajstić information content (AvgIpc) is 2.90. The summed E-state index contributed by atoms with van der Waals surface area (Å²) in [6, 6.07) is 15.2. The molecule has 0 saturated heterocycles. The van der Waals surface area contributed by atoms with Crippen molar-refractivity contribution in [2.75, 3.05) is 0 Å². The molecule has 2 aliphatic rings. The van der Waals surface area contributed by atoms with Gasteiger partial charge in [-0.1, -0.05) is 38.1 Å². The third-order valence-electron chi connectivity index (χ3n) is 8.16. The third-order valence-corrected chi connectivity index (χ3v) is 8.16. The summed E-state index contributed by atoms with van der Waals surface area (Å²) >= 11 is 0. The van der Waals surface area contributed by atoms with Gasteiger partial charge in [-0.3, -0.25) is 0 Å². The summed E-state index contributed by atoms with van der Waals surface area (Å²) in [5.41, 5.74) is 9.15. The molecule has 0 N–H and O–H groups in total. The summed E-state index contributed by atoms with van der Waals surface area (Å²) in [5.74, 6) is 0. The van der Waals surface area contributed by atoms with E-state index in [0.29, 0.717) is 12.1 Å². The number of fused-ring (bicyclic) bond motifs is 2. The fourth-order valence-corrected chi connectivity index (χ4v) is 6.23. The van der Waals surface area contributed by atoms with Gasteiger partial charge >= 0.3 is 0 Å². The molecule has 1 aromatic carbocycles. The highest BCUT2D eigenvalue weighted by atomic mass is 15.0.